The molecule has 1 aromatic heterocycles. The topological polar surface area (TPSA) is 65.2 Å². The van der Waals surface area contributed by atoms with Crippen LogP contribution in [0.3, 0.4) is 0 Å². The van der Waals surface area contributed by atoms with E-state index < -0.39 is 0 Å². The molecule has 1 aromatic rings. The minimum atomic E-state index is -0.182. The molecule has 1 aliphatic rings. The Morgan fingerprint density at radius 3 is 3.29 bits per heavy atom. The van der Waals surface area contributed by atoms with E-state index in [-0.39, 0.29) is 11.9 Å². The highest BCUT2D eigenvalue weighted by Crippen LogP contribution is 2.37. The minimum Gasteiger partial charge on any atom is -0.465 e. The molecule has 76 valence electrons. The third-order valence-electron chi connectivity index (χ3n) is 2.31. The summed E-state index contributed by atoms with van der Waals surface area (Å²) in [5.74, 6) is -0.352. The van der Waals surface area contributed by atoms with Crippen LogP contribution in [0.4, 0.5) is 5.13 Å². The van der Waals surface area contributed by atoms with E-state index in [2.05, 4.69) is 4.98 Å². The van der Waals surface area contributed by atoms with Crippen LogP contribution >= 0.6 is 11.3 Å². The molecule has 1 heterocycles. The van der Waals surface area contributed by atoms with Gasteiger partial charge in [-0.05, 0) is 19.8 Å². The molecule has 0 spiro atoms. The zero-order valence-corrected chi connectivity index (χ0v) is 8.76. The Morgan fingerprint density at radius 2 is 2.57 bits per heavy atom. The first-order valence-electron chi connectivity index (χ1n) is 4.64. The van der Waals surface area contributed by atoms with E-state index in [9.17, 15) is 4.79 Å². The van der Waals surface area contributed by atoms with Crippen LogP contribution in [0.5, 0.6) is 0 Å². The smallest absolute Gasteiger partial charge is 0.315 e. The van der Waals surface area contributed by atoms with Gasteiger partial charge in [0.05, 0.1) is 12.3 Å². The molecule has 0 bridgehead atoms. The molecule has 1 atom stereocenters. The van der Waals surface area contributed by atoms with Crippen LogP contribution in [0.1, 0.15) is 29.8 Å². The average molecular weight is 212 g/mol. The van der Waals surface area contributed by atoms with Crippen LogP contribution in [0.2, 0.25) is 0 Å². The van der Waals surface area contributed by atoms with Gasteiger partial charge in [0.1, 0.15) is 5.92 Å². The molecule has 0 fully saturated rings. The number of nitrogen functional groups attached to an aromatic ring is 1. The molecule has 14 heavy (non-hydrogen) atoms. The van der Waals surface area contributed by atoms with E-state index in [1.165, 1.54) is 11.3 Å². The van der Waals surface area contributed by atoms with Crippen molar-refractivity contribution in [3.63, 3.8) is 0 Å². The fourth-order valence-corrected chi connectivity index (χ4v) is 2.63. The van der Waals surface area contributed by atoms with E-state index in [1.54, 1.807) is 0 Å². The molecule has 0 aromatic carbocycles. The molecule has 5 heteroatoms. The van der Waals surface area contributed by atoms with Gasteiger partial charge in [0.15, 0.2) is 5.13 Å². The molecule has 0 saturated heterocycles. The van der Waals surface area contributed by atoms with Crippen LogP contribution in [-0.4, -0.2) is 17.6 Å². The highest BCUT2D eigenvalue weighted by molar-refractivity contribution is 7.15. The van der Waals surface area contributed by atoms with Gasteiger partial charge in [-0.3, -0.25) is 4.79 Å². The van der Waals surface area contributed by atoms with Gasteiger partial charge in [0.25, 0.3) is 0 Å². The summed E-state index contributed by atoms with van der Waals surface area (Å²) >= 11 is 1.47. The zero-order valence-electron chi connectivity index (χ0n) is 7.95. The lowest BCUT2D eigenvalue weighted by molar-refractivity contribution is -0.144. The van der Waals surface area contributed by atoms with Crippen molar-refractivity contribution in [3.05, 3.63) is 10.6 Å². The molecular formula is C9H12N2O2S. The Labute approximate surface area is 86.1 Å². The molecule has 1 aliphatic carbocycles. The number of aryl methyl sites for hydroxylation is 1. The fraction of sp³-hybridized carbons (Fsp3) is 0.556. The fourth-order valence-electron chi connectivity index (χ4n) is 1.72. The number of nitrogens with two attached hydrogens (primary N) is 1. The lowest BCUT2D eigenvalue weighted by Crippen LogP contribution is -2.14. The first kappa shape index (κ1) is 9.45. The molecular weight excluding hydrogens is 200 g/mol. The summed E-state index contributed by atoms with van der Waals surface area (Å²) in [6.07, 6.45) is 1.71. The van der Waals surface area contributed by atoms with Crippen molar-refractivity contribution in [3.8, 4) is 0 Å². The number of hydrogen-bond donors (Lipinski definition) is 1. The van der Waals surface area contributed by atoms with Crippen LogP contribution in [0, 0.1) is 0 Å². The summed E-state index contributed by atoms with van der Waals surface area (Å²) in [5.41, 5.74) is 6.42. The van der Waals surface area contributed by atoms with Crippen molar-refractivity contribution < 1.29 is 9.53 Å². The standard InChI is InChI=1S/C9H12N2O2S/c1-2-13-8(12)5-3-4-6-7(5)11-9(10)14-6/h5H,2-4H2,1H3,(H2,10,11)/t5-/m1/s1. The van der Waals surface area contributed by atoms with E-state index in [0.29, 0.717) is 11.7 Å². The first-order chi connectivity index (χ1) is 6.72. The van der Waals surface area contributed by atoms with Crippen molar-refractivity contribution in [1.29, 1.82) is 0 Å². The number of aromatic nitrogens is 1. The molecule has 4 nitrogen and oxygen atoms in total. The largest absolute Gasteiger partial charge is 0.465 e. The SMILES string of the molecule is CCOC(=O)[C@@H]1CCc2sc(N)nc21. The van der Waals surface area contributed by atoms with Crippen molar-refractivity contribution in [2.45, 2.75) is 25.7 Å². The normalized spacial score (nSPS) is 19.4. The van der Waals surface area contributed by atoms with Crippen LogP contribution in [-0.2, 0) is 16.0 Å². The number of fused-ring (bicyclic) bond motifs is 1. The maximum atomic E-state index is 11.5. The van der Waals surface area contributed by atoms with E-state index in [4.69, 9.17) is 10.5 Å². The quantitative estimate of drug-likeness (QED) is 0.751. The lowest BCUT2D eigenvalue weighted by atomic mass is 10.1. The number of carbonyl (C=O) groups excluding carboxylic acids is 1. The van der Waals surface area contributed by atoms with Gasteiger partial charge in [-0.1, -0.05) is 0 Å². The molecule has 0 radical (unpaired) electrons. The Balaban J connectivity index is 2.20. The monoisotopic (exact) mass is 212 g/mol. The Kier molecular flexibility index (Phi) is 2.41. The Hall–Kier alpha value is -1.10. The highest BCUT2D eigenvalue weighted by atomic mass is 32.1. The molecule has 0 saturated carbocycles. The number of anilines is 1. The second kappa shape index (κ2) is 3.57. The third kappa shape index (κ3) is 1.48. The van der Waals surface area contributed by atoms with Gasteiger partial charge in [0, 0.05) is 4.88 Å². The maximum Gasteiger partial charge on any atom is 0.315 e. The molecule has 0 unspecified atom stereocenters. The van der Waals surface area contributed by atoms with Gasteiger partial charge in [-0.2, -0.15) is 0 Å². The third-order valence-corrected chi connectivity index (χ3v) is 3.27. The number of thiazole rings is 1. The lowest BCUT2D eigenvalue weighted by Gasteiger charge is -2.07. The second-order valence-electron chi connectivity index (χ2n) is 3.20. The highest BCUT2D eigenvalue weighted by Gasteiger charge is 2.33. The van der Waals surface area contributed by atoms with Crippen molar-refractivity contribution in [2.75, 3.05) is 12.3 Å². The second-order valence-corrected chi connectivity index (χ2v) is 4.32. The average Bonchev–Trinajstić information content (AvgIpc) is 2.62. The Bertz CT molecular complexity index is 362. The maximum absolute atomic E-state index is 11.5. The zero-order chi connectivity index (χ0) is 10.1. The van der Waals surface area contributed by atoms with Crippen LogP contribution in [0.15, 0.2) is 0 Å². The summed E-state index contributed by atoms with van der Waals surface area (Å²) in [6.45, 7) is 2.23. The van der Waals surface area contributed by atoms with Crippen LogP contribution < -0.4 is 5.73 Å². The van der Waals surface area contributed by atoms with Gasteiger partial charge in [-0.25, -0.2) is 4.98 Å². The first-order valence-corrected chi connectivity index (χ1v) is 5.45. The van der Waals surface area contributed by atoms with Gasteiger partial charge in [-0.15, -0.1) is 11.3 Å². The predicted octanol–water partition coefficient (Wildman–Crippen LogP) is 1.32. The van der Waals surface area contributed by atoms with Gasteiger partial charge >= 0.3 is 5.97 Å². The van der Waals surface area contributed by atoms with E-state index in [0.717, 1.165) is 23.4 Å². The molecule has 0 amide bonds. The summed E-state index contributed by atoms with van der Waals surface area (Å²) in [6, 6.07) is 0. The number of rotatable bonds is 2. The van der Waals surface area contributed by atoms with E-state index >= 15 is 0 Å². The predicted molar refractivity (Wildman–Crippen MR) is 54.2 cm³/mol. The Morgan fingerprint density at radius 1 is 1.79 bits per heavy atom. The number of hydrogen-bond acceptors (Lipinski definition) is 5. The molecule has 2 rings (SSSR count). The van der Waals surface area contributed by atoms with Crippen molar-refractivity contribution >= 4 is 22.4 Å². The van der Waals surface area contributed by atoms with Crippen LogP contribution in [0.25, 0.3) is 0 Å². The number of carbonyl (C=O) groups is 1. The van der Waals surface area contributed by atoms with Crippen molar-refractivity contribution in [1.82, 2.24) is 4.98 Å². The van der Waals surface area contributed by atoms with Crippen molar-refractivity contribution in [2.24, 2.45) is 0 Å². The number of esters is 1. The summed E-state index contributed by atoms with van der Waals surface area (Å²) < 4.78 is 4.98. The summed E-state index contributed by atoms with van der Waals surface area (Å²) in [7, 11) is 0. The molecule has 2 N–H and O–H groups in total. The summed E-state index contributed by atoms with van der Waals surface area (Å²) in [4.78, 5) is 16.8. The van der Waals surface area contributed by atoms with Gasteiger partial charge < -0.3 is 10.5 Å². The summed E-state index contributed by atoms with van der Waals surface area (Å²) in [5, 5.41) is 0.545. The minimum absolute atomic E-state index is 0.170. The number of ether oxygens (including phenoxy) is 1. The number of nitrogens with zero attached hydrogens (tertiary/aromatic N) is 1. The van der Waals surface area contributed by atoms with E-state index in [1.807, 2.05) is 6.92 Å². The molecule has 0 aliphatic heterocycles. The van der Waals surface area contributed by atoms with Gasteiger partial charge in [0.2, 0.25) is 0 Å².